The second kappa shape index (κ2) is 7.50. The number of carbonyl (C=O) groups excluding carboxylic acids is 1. The summed E-state index contributed by atoms with van der Waals surface area (Å²) < 4.78 is 0.693. The van der Waals surface area contributed by atoms with Gasteiger partial charge in [0, 0.05) is 11.3 Å². The molecule has 4 nitrogen and oxygen atoms in total. The first-order valence-electron chi connectivity index (χ1n) is 6.20. The predicted octanol–water partition coefficient (Wildman–Crippen LogP) is 2.95. The Morgan fingerprint density at radius 2 is 2.16 bits per heavy atom. The SMILES string of the molecule is CCC(C)C(NC(=O)CCc1ccc(Cl)s1)C(=O)O. The Balaban J connectivity index is 2.46. The van der Waals surface area contributed by atoms with Crippen LogP contribution < -0.4 is 5.32 Å². The highest BCUT2D eigenvalue weighted by Crippen LogP contribution is 2.22. The van der Waals surface area contributed by atoms with E-state index in [4.69, 9.17) is 16.7 Å². The van der Waals surface area contributed by atoms with Crippen LogP contribution in [0.3, 0.4) is 0 Å². The number of carboxylic acids is 1. The van der Waals surface area contributed by atoms with Gasteiger partial charge in [-0.25, -0.2) is 4.79 Å². The number of thiophene rings is 1. The molecule has 0 radical (unpaired) electrons. The van der Waals surface area contributed by atoms with Crippen molar-refractivity contribution in [1.29, 1.82) is 0 Å². The van der Waals surface area contributed by atoms with Crippen molar-refractivity contribution < 1.29 is 14.7 Å². The van der Waals surface area contributed by atoms with Gasteiger partial charge in [0.1, 0.15) is 6.04 Å². The lowest BCUT2D eigenvalue weighted by Crippen LogP contribution is -2.45. The van der Waals surface area contributed by atoms with Gasteiger partial charge in [0.2, 0.25) is 5.91 Å². The zero-order valence-electron chi connectivity index (χ0n) is 11.0. The minimum absolute atomic E-state index is 0.0855. The van der Waals surface area contributed by atoms with Gasteiger partial charge in [-0.05, 0) is 24.5 Å². The number of halogens is 1. The molecule has 6 heteroatoms. The van der Waals surface area contributed by atoms with E-state index >= 15 is 0 Å². The lowest BCUT2D eigenvalue weighted by molar-refractivity contribution is -0.143. The molecule has 2 N–H and O–H groups in total. The predicted molar refractivity (Wildman–Crippen MR) is 76.7 cm³/mol. The summed E-state index contributed by atoms with van der Waals surface area (Å²) in [5.74, 6) is -1.31. The van der Waals surface area contributed by atoms with Crippen LogP contribution >= 0.6 is 22.9 Å². The largest absolute Gasteiger partial charge is 0.480 e. The number of nitrogens with one attached hydrogen (secondary N) is 1. The van der Waals surface area contributed by atoms with E-state index in [9.17, 15) is 9.59 Å². The maximum atomic E-state index is 11.8. The number of amides is 1. The summed E-state index contributed by atoms with van der Waals surface area (Å²) in [6.07, 6.45) is 1.56. The molecule has 1 aromatic rings. The lowest BCUT2D eigenvalue weighted by atomic mass is 9.99. The first-order valence-corrected chi connectivity index (χ1v) is 7.39. The molecule has 1 heterocycles. The maximum absolute atomic E-state index is 11.8. The van der Waals surface area contributed by atoms with Crippen molar-refractivity contribution in [3.63, 3.8) is 0 Å². The van der Waals surface area contributed by atoms with Gasteiger partial charge in [-0.3, -0.25) is 4.79 Å². The van der Waals surface area contributed by atoms with E-state index in [0.717, 1.165) is 4.88 Å². The summed E-state index contributed by atoms with van der Waals surface area (Å²) in [5, 5.41) is 11.7. The van der Waals surface area contributed by atoms with E-state index < -0.39 is 12.0 Å². The average molecular weight is 304 g/mol. The second-order valence-electron chi connectivity index (χ2n) is 4.47. The van der Waals surface area contributed by atoms with Crippen molar-refractivity contribution >= 4 is 34.8 Å². The van der Waals surface area contributed by atoms with E-state index in [1.54, 1.807) is 6.07 Å². The van der Waals surface area contributed by atoms with Gasteiger partial charge in [-0.1, -0.05) is 31.9 Å². The van der Waals surface area contributed by atoms with Gasteiger partial charge in [0.25, 0.3) is 0 Å². The minimum atomic E-state index is -0.984. The fourth-order valence-corrected chi connectivity index (χ4v) is 2.74. The molecule has 1 aromatic heterocycles. The van der Waals surface area contributed by atoms with Crippen LogP contribution in [0.4, 0.5) is 0 Å². The third kappa shape index (κ3) is 5.20. The Labute approximate surface area is 121 Å². The number of aryl methyl sites for hydroxylation is 1. The van der Waals surface area contributed by atoms with Gasteiger partial charge in [-0.2, -0.15) is 0 Å². The van der Waals surface area contributed by atoms with E-state index in [2.05, 4.69) is 5.32 Å². The lowest BCUT2D eigenvalue weighted by Gasteiger charge is -2.19. The van der Waals surface area contributed by atoms with E-state index in [-0.39, 0.29) is 18.2 Å². The summed E-state index contributed by atoms with van der Waals surface area (Å²) in [7, 11) is 0. The highest BCUT2D eigenvalue weighted by molar-refractivity contribution is 7.16. The summed E-state index contributed by atoms with van der Waals surface area (Å²) in [6, 6.07) is 2.85. The molecule has 0 spiro atoms. The summed E-state index contributed by atoms with van der Waals surface area (Å²) in [6.45, 7) is 3.72. The molecule has 2 unspecified atom stereocenters. The first kappa shape index (κ1) is 16.0. The van der Waals surface area contributed by atoms with Crippen LogP contribution in [0.5, 0.6) is 0 Å². The zero-order valence-corrected chi connectivity index (χ0v) is 12.6. The Morgan fingerprint density at radius 3 is 2.63 bits per heavy atom. The van der Waals surface area contributed by atoms with Gasteiger partial charge >= 0.3 is 5.97 Å². The zero-order chi connectivity index (χ0) is 14.4. The van der Waals surface area contributed by atoms with Crippen LogP contribution in [0, 0.1) is 5.92 Å². The van der Waals surface area contributed by atoms with Crippen LogP contribution in [0.2, 0.25) is 4.34 Å². The minimum Gasteiger partial charge on any atom is -0.480 e. The molecule has 1 amide bonds. The van der Waals surface area contributed by atoms with Gasteiger partial charge in [-0.15, -0.1) is 11.3 Å². The van der Waals surface area contributed by atoms with Gasteiger partial charge in [0.15, 0.2) is 0 Å². The van der Waals surface area contributed by atoms with Gasteiger partial charge < -0.3 is 10.4 Å². The highest BCUT2D eigenvalue weighted by atomic mass is 35.5. The van der Waals surface area contributed by atoms with Crippen LogP contribution in [0.1, 0.15) is 31.6 Å². The molecule has 0 aliphatic rings. The first-order chi connectivity index (χ1) is 8.93. The maximum Gasteiger partial charge on any atom is 0.326 e. The third-order valence-corrected chi connectivity index (χ3v) is 4.31. The number of aliphatic carboxylic acids is 1. The molecule has 0 aliphatic carbocycles. The molecular weight excluding hydrogens is 286 g/mol. The smallest absolute Gasteiger partial charge is 0.326 e. The monoisotopic (exact) mass is 303 g/mol. The highest BCUT2D eigenvalue weighted by Gasteiger charge is 2.24. The Hall–Kier alpha value is -1.07. The van der Waals surface area contributed by atoms with Crippen LogP contribution in [0.15, 0.2) is 12.1 Å². The fourth-order valence-electron chi connectivity index (χ4n) is 1.65. The number of hydrogen-bond acceptors (Lipinski definition) is 3. The number of carbonyl (C=O) groups is 2. The molecule has 0 aromatic carbocycles. The molecule has 0 bridgehead atoms. The molecule has 0 fully saturated rings. The fraction of sp³-hybridized carbons (Fsp3) is 0.538. The molecule has 0 saturated heterocycles. The molecular formula is C13H18ClNO3S. The molecule has 106 valence electrons. The van der Waals surface area contributed by atoms with E-state index in [0.29, 0.717) is 17.2 Å². The topological polar surface area (TPSA) is 66.4 Å². The number of hydrogen-bond donors (Lipinski definition) is 2. The normalized spacial score (nSPS) is 13.8. The van der Waals surface area contributed by atoms with Crippen LogP contribution in [-0.4, -0.2) is 23.0 Å². The third-order valence-electron chi connectivity index (χ3n) is 3.02. The van der Waals surface area contributed by atoms with Gasteiger partial charge in [0.05, 0.1) is 4.34 Å². The summed E-state index contributed by atoms with van der Waals surface area (Å²) >= 11 is 7.24. The quantitative estimate of drug-likeness (QED) is 0.814. The Kier molecular flexibility index (Phi) is 6.31. The Morgan fingerprint density at radius 1 is 1.47 bits per heavy atom. The second-order valence-corrected chi connectivity index (χ2v) is 6.27. The molecule has 0 saturated carbocycles. The van der Waals surface area contributed by atoms with E-state index in [1.165, 1.54) is 11.3 Å². The average Bonchev–Trinajstić information content (AvgIpc) is 2.78. The van der Waals surface area contributed by atoms with Crippen molar-refractivity contribution in [1.82, 2.24) is 5.32 Å². The van der Waals surface area contributed by atoms with Crippen molar-refractivity contribution in [2.45, 2.75) is 39.2 Å². The van der Waals surface area contributed by atoms with Crippen molar-refractivity contribution in [3.05, 3.63) is 21.3 Å². The van der Waals surface area contributed by atoms with E-state index in [1.807, 2.05) is 19.9 Å². The molecule has 0 aliphatic heterocycles. The van der Waals surface area contributed by atoms with Crippen LogP contribution in [0.25, 0.3) is 0 Å². The summed E-state index contributed by atoms with van der Waals surface area (Å²) in [4.78, 5) is 23.9. The molecule has 19 heavy (non-hydrogen) atoms. The Bertz CT molecular complexity index is 447. The number of rotatable bonds is 7. The van der Waals surface area contributed by atoms with Crippen molar-refractivity contribution in [3.8, 4) is 0 Å². The summed E-state index contributed by atoms with van der Waals surface area (Å²) in [5.41, 5.74) is 0. The van der Waals surface area contributed by atoms with Crippen molar-refractivity contribution in [2.75, 3.05) is 0 Å². The van der Waals surface area contributed by atoms with Crippen LogP contribution in [-0.2, 0) is 16.0 Å². The standard InChI is InChI=1S/C13H18ClNO3S/c1-3-8(2)12(13(17)18)15-11(16)7-5-9-4-6-10(14)19-9/h4,6,8,12H,3,5,7H2,1-2H3,(H,15,16)(H,17,18). The molecule has 1 rings (SSSR count). The molecule has 2 atom stereocenters. The van der Waals surface area contributed by atoms with Crippen molar-refractivity contribution in [2.24, 2.45) is 5.92 Å². The number of carboxylic acid groups (broad SMARTS) is 1.